The number of aryl methyl sites for hydroxylation is 2. The van der Waals surface area contributed by atoms with Crippen LogP contribution in [0.15, 0.2) is 85.2 Å². The maximum absolute atomic E-state index is 13.6. The summed E-state index contributed by atoms with van der Waals surface area (Å²) in [5, 5.41) is 17.7. The van der Waals surface area contributed by atoms with Crippen molar-refractivity contribution in [2.45, 2.75) is 26.8 Å². The molecule has 5 aromatic rings. The van der Waals surface area contributed by atoms with Crippen molar-refractivity contribution >= 4 is 46.5 Å². The van der Waals surface area contributed by atoms with Gasteiger partial charge in [0.25, 0.3) is 5.91 Å². The van der Waals surface area contributed by atoms with Crippen LogP contribution in [0.25, 0.3) is 0 Å². The Morgan fingerprint density at radius 2 is 1.76 bits per heavy atom. The van der Waals surface area contributed by atoms with E-state index < -0.39 is 10.8 Å². The van der Waals surface area contributed by atoms with Crippen molar-refractivity contribution in [2.75, 3.05) is 41.2 Å². The van der Waals surface area contributed by atoms with Gasteiger partial charge in [-0.25, -0.2) is 9.78 Å². The molecule has 0 fully saturated rings. The molecular weight excluding hydrogens is 640 g/mol. The van der Waals surface area contributed by atoms with Crippen molar-refractivity contribution in [1.29, 1.82) is 0 Å². The third-order valence-electron chi connectivity index (χ3n) is 8.16. The molecule has 3 heterocycles. The van der Waals surface area contributed by atoms with Gasteiger partial charge in [0, 0.05) is 54.3 Å². The van der Waals surface area contributed by atoms with Crippen molar-refractivity contribution in [3.8, 4) is 11.5 Å². The minimum absolute atomic E-state index is 0.0162. The molecule has 254 valence electrons. The van der Waals surface area contributed by atoms with Gasteiger partial charge in [-0.3, -0.25) is 29.7 Å². The van der Waals surface area contributed by atoms with Crippen LogP contribution < -0.4 is 29.9 Å². The Morgan fingerprint density at radius 3 is 2.48 bits per heavy atom. The third-order valence-corrected chi connectivity index (χ3v) is 8.16. The van der Waals surface area contributed by atoms with Crippen LogP contribution in [0.4, 0.5) is 39.3 Å². The number of hydrogen-bond donors (Lipinski definition) is 2. The molecule has 0 saturated heterocycles. The number of carbonyl (C=O) groups is 2. The molecule has 3 amide bonds. The third kappa shape index (κ3) is 7.28. The molecule has 1 aliphatic rings. The van der Waals surface area contributed by atoms with Gasteiger partial charge in [-0.1, -0.05) is 18.2 Å². The van der Waals surface area contributed by atoms with E-state index in [4.69, 9.17) is 9.47 Å². The van der Waals surface area contributed by atoms with Crippen LogP contribution in [0.2, 0.25) is 0 Å². The number of nitrogens with one attached hydrogen (secondary N) is 2. The highest BCUT2D eigenvalue weighted by molar-refractivity contribution is 6.07. The summed E-state index contributed by atoms with van der Waals surface area (Å²) in [5.74, 6) is 1.02. The van der Waals surface area contributed by atoms with Gasteiger partial charge in [-0.15, -0.1) is 0 Å². The molecule has 0 atom stereocenters. The zero-order chi connectivity index (χ0) is 35.4. The Hall–Kier alpha value is -6.57. The standard InChI is InChI=1S/C36H34N8O6/c1-22-5-10-27(39-34(45)25-9-14-30(44(47)48)32(17-25)50-16-15-24-7-12-29(49-4)13-8-24)18-31(22)43-21-26-19-38-35(41-33(26)42(3)36(43)46)40-28-11-6-23(2)37-20-28/h5-14,17-20H,15-16,21H2,1-4H3,(H,39,45)(H,38,40,41). The molecule has 0 saturated carbocycles. The van der Waals surface area contributed by atoms with E-state index in [1.807, 2.05) is 50.2 Å². The molecule has 2 N–H and O–H groups in total. The summed E-state index contributed by atoms with van der Waals surface area (Å²) in [5.41, 5.74) is 5.05. The van der Waals surface area contributed by atoms with Crippen molar-refractivity contribution in [3.63, 3.8) is 0 Å². The predicted molar refractivity (Wildman–Crippen MR) is 189 cm³/mol. The van der Waals surface area contributed by atoms with Gasteiger partial charge in [0.2, 0.25) is 5.95 Å². The van der Waals surface area contributed by atoms with E-state index in [1.54, 1.807) is 49.7 Å². The van der Waals surface area contributed by atoms with Crippen molar-refractivity contribution in [3.05, 3.63) is 123 Å². The van der Waals surface area contributed by atoms with Gasteiger partial charge in [0.15, 0.2) is 5.75 Å². The molecule has 0 bridgehead atoms. The maximum atomic E-state index is 13.6. The Labute approximate surface area is 287 Å². The number of ether oxygens (including phenoxy) is 2. The number of rotatable bonds is 11. The lowest BCUT2D eigenvalue weighted by molar-refractivity contribution is -0.385. The van der Waals surface area contributed by atoms with E-state index in [1.165, 1.54) is 23.1 Å². The minimum Gasteiger partial charge on any atom is -0.497 e. The number of aromatic nitrogens is 3. The predicted octanol–water partition coefficient (Wildman–Crippen LogP) is 6.60. The molecule has 14 heteroatoms. The highest BCUT2D eigenvalue weighted by Gasteiger charge is 2.32. The number of nitro groups is 1. The molecule has 6 rings (SSSR count). The number of methoxy groups -OCH3 is 1. The summed E-state index contributed by atoms with van der Waals surface area (Å²) in [6.07, 6.45) is 3.85. The van der Waals surface area contributed by atoms with Crippen LogP contribution in [-0.4, -0.2) is 52.6 Å². The van der Waals surface area contributed by atoms with E-state index in [0.717, 1.165) is 33.8 Å². The molecule has 0 spiro atoms. The average Bonchev–Trinajstić information content (AvgIpc) is 3.12. The Balaban J connectivity index is 1.16. The highest BCUT2D eigenvalue weighted by Crippen LogP contribution is 2.34. The van der Waals surface area contributed by atoms with Crippen molar-refractivity contribution in [1.82, 2.24) is 15.0 Å². The van der Waals surface area contributed by atoms with Crippen LogP contribution in [0.1, 0.15) is 32.7 Å². The Bertz CT molecular complexity index is 2070. The van der Waals surface area contributed by atoms with Gasteiger partial charge in [-0.2, -0.15) is 4.98 Å². The SMILES string of the molecule is COc1ccc(CCOc2cc(C(=O)Nc3ccc(C)c(N4Cc5cnc(Nc6ccc(C)nc6)nc5N(C)C4=O)c3)ccc2[N+](=O)[O-])cc1. The normalized spacial score (nSPS) is 12.3. The number of amides is 3. The fourth-order valence-electron chi connectivity index (χ4n) is 5.40. The highest BCUT2D eigenvalue weighted by atomic mass is 16.6. The number of anilines is 5. The lowest BCUT2D eigenvalue weighted by atomic mass is 10.1. The first-order chi connectivity index (χ1) is 24.1. The first kappa shape index (κ1) is 33.3. The molecule has 1 aliphatic heterocycles. The number of fused-ring (bicyclic) bond motifs is 1. The summed E-state index contributed by atoms with van der Waals surface area (Å²) in [7, 11) is 3.23. The van der Waals surface area contributed by atoms with E-state index in [-0.39, 0.29) is 36.2 Å². The monoisotopic (exact) mass is 674 g/mol. The first-order valence-corrected chi connectivity index (χ1v) is 15.7. The molecule has 0 radical (unpaired) electrons. The molecule has 50 heavy (non-hydrogen) atoms. The smallest absolute Gasteiger partial charge is 0.330 e. The second-order valence-corrected chi connectivity index (χ2v) is 11.6. The number of hydrogen-bond acceptors (Lipinski definition) is 10. The number of nitro benzene ring substituents is 1. The Morgan fingerprint density at radius 1 is 0.980 bits per heavy atom. The van der Waals surface area contributed by atoms with Gasteiger partial charge in [-0.05, 0) is 67.4 Å². The maximum Gasteiger partial charge on any atom is 0.330 e. The van der Waals surface area contributed by atoms with Crippen LogP contribution in [0.5, 0.6) is 11.5 Å². The number of nitrogens with zero attached hydrogens (tertiary/aromatic N) is 6. The number of carbonyl (C=O) groups excluding carboxylic acids is 2. The van der Waals surface area contributed by atoms with E-state index in [2.05, 4.69) is 25.6 Å². The molecule has 0 aliphatic carbocycles. The van der Waals surface area contributed by atoms with E-state index in [9.17, 15) is 19.7 Å². The fourth-order valence-corrected chi connectivity index (χ4v) is 5.40. The summed E-state index contributed by atoms with van der Waals surface area (Å²) in [6, 6.07) is 20.1. The molecular formula is C36H34N8O6. The lowest BCUT2D eigenvalue weighted by Gasteiger charge is -2.35. The van der Waals surface area contributed by atoms with Crippen molar-refractivity contribution in [2.24, 2.45) is 0 Å². The summed E-state index contributed by atoms with van der Waals surface area (Å²) < 4.78 is 11.0. The molecule has 14 nitrogen and oxygen atoms in total. The first-order valence-electron chi connectivity index (χ1n) is 15.7. The van der Waals surface area contributed by atoms with Gasteiger partial charge < -0.3 is 20.1 Å². The Kier molecular flexibility index (Phi) is 9.52. The number of benzene rings is 3. The lowest BCUT2D eigenvalue weighted by Crippen LogP contribution is -2.46. The second kappa shape index (κ2) is 14.3. The molecule has 0 unspecified atom stereocenters. The zero-order valence-electron chi connectivity index (χ0n) is 27.8. The second-order valence-electron chi connectivity index (χ2n) is 11.6. The van der Waals surface area contributed by atoms with E-state index in [0.29, 0.717) is 29.6 Å². The summed E-state index contributed by atoms with van der Waals surface area (Å²) >= 11 is 0. The molecule has 3 aromatic carbocycles. The molecule has 2 aromatic heterocycles. The van der Waals surface area contributed by atoms with Crippen LogP contribution in [0, 0.1) is 24.0 Å². The zero-order valence-corrected chi connectivity index (χ0v) is 27.8. The van der Waals surface area contributed by atoms with E-state index >= 15 is 0 Å². The average molecular weight is 675 g/mol. The summed E-state index contributed by atoms with van der Waals surface area (Å²) in [6.45, 7) is 4.14. The minimum atomic E-state index is -0.550. The summed E-state index contributed by atoms with van der Waals surface area (Å²) in [4.78, 5) is 54.5. The quantitative estimate of drug-likeness (QED) is 0.115. The fraction of sp³-hybridized carbons (Fsp3) is 0.194. The van der Waals surface area contributed by atoms with Crippen LogP contribution in [0.3, 0.4) is 0 Å². The van der Waals surface area contributed by atoms with Gasteiger partial charge in [0.1, 0.15) is 11.6 Å². The van der Waals surface area contributed by atoms with Gasteiger partial charge in [0.05, 0.1) is 42.8 Å². The van der Waals surface area contributed by atoms with Crippen LogP contribution >= 0.6 is 0 Å². The largest absolute Gasteiger partial charge is 0.497 e. The topological polar surface area (TPSA) is 165 Å². The van der Waals surface area contributed by atoms with Crippen LogP contribution in [-0.2, 0) is 13.0 Å². The number of urea groups is 1. The van der Waals surface area contributed by atoms with Crippen molar-refractivity contribution < 1.29 is 24.0 Å². The van der Waals surface area contributed by atoms with Gasteiger partial charge >= 0.3 is 11.7 Å². The number of pyridine rings is 1.